The number of aliphatic carboxylic acids is 1. The Morgan fingerprint density at radius 1 is 1.23 bits per heavy atom. The summed E-state index contributed by atoms with van der Waals surface area (Å²) >= 11 is 0. The highest BCUT2D eigenvalue weighted by molar-refractivity contribution is 5.82. The van der Waals surface area contributed by atoms with E-state index in [1.54, 1.807) is 20.0 Å². The molecule has 7 nitrogen and oxygen atoms in total. The van der Waals surface area contributed by atoms with Crippen LogP contribution in [0.2, 0.25) is 0 Å². The third kappa shape index (κ3) is 3.77. The summed E-state index contributed by atoms with van der Waals surface area (Å²) in [6, 6.07) is 0. The topological polar surface area (TPSA) is 78.8 Å². The van der Waals surface area contributed by atoms with Gasteiger partial charge in [0.25, 0.3) is 0 Å². The summed E-state index contributed by atoms with van der Waals surface area (Å²) in [6.07, 6.45) is 5.26. The fraction of sp³-hybridized carbons (Fsp3) is 0.737. The maximum atomic E-state index is 11.8. The minimum Gasteiger partial charge on any atom is -0.481 e. The molecule has 0 unspecified atom stereocenters. The van der Waals surface area contributed by atoms with Gasteiger partial charge in [-0.05, 0) is 32.6 Å². The van der Waals surface area contributed by atoms with Gasteiger partial charge in [-0.3, -0.25) is 4.79 Å². The third-order valence-corrected chi connectivity index (χ3v) is 5.75. The Hall–Kier alpha value is -1.89. The first-order valence-electron chi connectivity index (χ1n) is 9.62. The Balaban J connectivity index is 1.92. The maximum absolute atomic E-state index is 11.8. The molecular weight excluding hydrogens is 332 g/mol. The van der Waals surface area contributed by atoms with E-state index >= 15 is 0 Å². The standard InChI is InChI=1S/C19H30N4O3/c1-4-14-5-7-23(8-6-14)18-20-13-15(19(2,3)17(24)25)16(21-18)22-9-11-26-12-10-22/h13-14H,4-12H2,1-3H3,(H,24,25). The number of hydrogen-bond donors (Lipinski definition) is 1. The van der Waals surface area contributed by atoms with E-state index in [1.807, 2.05) is 0 Å². The van der Waals surface area contributed by atoms with Crippen LogP contribution in [-0.4, -0.2) is 60.4 Å². The highest BCUT2D eigenvalue weighted by atomic mass is 16.5. The minimum absolute atomic E-state index is 0.633. The SMILES string of the molecule is CCC1CCN(c2ncc(C(C)(C)C(=O)O)c(N3CCOCC3)n2)CC1. The number of carbonyl (C=O) groups is 1. The molecule has 3 rings (SSSR count). The first kappa shape index (κ1) is 18.9. The molecule has 144 valence electrons. The number of aromatic nitrogens is 2. The molecule has 0 aliphatic carbocycles. The normalized spacial score (nSPS) is 19.7. The molecule has 2 aliphatic rings. The number of anilines is 2. The Kier molecular flexibility index (Phi) is 5.65. The van der Waals surface area contributed by atoms with Gasteiger partial charge in [-0.2, -0.15) is 4.98 Å². The molecule has 0 amide bonds. The van der Waals surface area contributed by atoms with Gasteiger partial charge >= 0.3 is 5.97 Å². The lowest BCUT2D eigenvalue weighted by molar-refractivity contribution is -0.142. The van der Waals surface area contributed by atoms with Crippen LogP contribution in [0, 0.1) is 5.92 Å². The van der Waals surface area contributed by atoms with E-state index in [-0.39, 0.29) is 0 Å². The lowest BCUT2D eigenvalue weighted by atomic mass is 9.85. The summed E-state index contributed by atoms with van der Waals surface area (Å²) < 4.78 is 5.45. The van der Waals surface area contributed by atoms with Crippen molar-refractivity contribution >= 4 is 17.7 Å². The lowest BCUT2D eigenvalue weighted by Crippen LogP contribution is -2.41. The second-order valence-electron chi connectivity index (χ2n) is 7.78. The van der Waals surface area contributed by atoms with E-state index in [9.17, 15) is 9.90 Å². The number of carboxylic acid groups (broad SMARTS) is 1. The quantitative estimate of drug-likeness (QED) is 0.861. The van der Waals surface area contributed by atoms with Crippen LogP contribution in [0.3, 0.4) is 0 Å². The number of rotatable bonds is 5. The van der Waals surface area contributed by atoms with Gasteiger partial charge in [-0.25, -0.2) is 4.98 Å². The van der Waals surface area contributed by atoms with Crippen LogP contribution in [-0.2, 0) is 14.9 Å². The fourth-order valence-corrected chi connectivity index (χ4v) is 3.63. The number of hydrogen-bond acceptors (Lipinski definition) is 6. The molecule has 0 spiro atoms. The average molecular weight is 362 g/mol. The molecule has 2 fully saturated rings. The van der Waals surface area contributed by atoms with E-state index in [2.05, 4.69) is 21.7 Å². The van der Waals surface area contributed by atoms with Crippen molar-refractivity contribution in [2.75, 3.05) is 49.2 Å². The maximum Gasteiger partial charge on any atom is 0.313 e. The van der Waals surface area contributed by atoms with Gasteiger partial charge in [0.05, 0.1) is 18.6 Å². The predicted octanol–water partition coefficient (Wildman–Crippen LogP) is 2.30. The van der Waals surface area contributed by atoms with Gasteiger partial charge < -0.3 is 19.6 Å². The zero-order valence-corrected chi connectivity index (χ0v) is 16.1. The molecule has 2 saturated heterocycles. The van der Waals surface area contributed by atoms with E-state index in [4.69, 9.17) is 9.72 Å². The fourth-order valence-electron chi connectivity index (χ4n) is 3.63. The van der Waals surface area contributed by atoms with Crippen LogP contribution in [0.25, 0.3) is 0 Å². The van der Waals surface area contributed by atoms with E-state index in [0.29, 0.717) is 24.7 Å². The second-order valence-corrected chi connectivity index (χ2v) is 7.78. The highest BCUT2D eigenvalue weighted by Gasteiger charge is 2.35. The van der Waals surface area contributed by atoms with Crippen LogP contribution in [0.5, 0.6) is 0 Å². The molecule has 1 aromatic rings. The van der Waals surface area contributed by atoms with Crippen molar-refractivity contribution in [3.05, 3.63) is 11.8 Å². The van der Waals surface area contributed by atoms with Crippen molar-refractivity contribution in [1.29, 1.82) is 0 Å². The van der Waals surface area contributed by atoms with Gasteiger partial charge in [0.2, 0.25) is 5.95 Å². The summed E-state index contributed by atoms with van der Waals surface area (Å²) in [6.45, 7) is 10.3. The first-order chi connectivity index (χ1) is 12.4. The number of piperidine rings is 1. The molecule has 1 N–H and O–H groups in total. The van der Waals surface area contributed by atoms with Gasteiger partial charge in [-0.15, -0.1) is 0 Å². The molecule has 26 heavy (non-hydrogen) atoms. The van der Waals surface area contributed by atoms with Crippen LogP contribution in [0.15, 0.2) is 6.20 Å². The lowest BCUT2D eigenvalue weighted by Gasteiger charge is -2.35. The van der Waals surface area contributed by atoms with E-state index in [0.717, 1.165) is 50.8 Å². The first-order valence-corrected chi connectivity index (χ1v) is 9.62. The van der Waals surface area contributed by atoms with Gasteiger partial charge in [0.15, 0.2) is 0 Å². The zero-order chi connectivity index (χ0) is 18.7. The molecule has 0 atom stereocenters. The molecule has 7 heteroatoms. The second kappa shape index (κ2) is 7.78. The van der Waals surface area contributed by atoms with Crippen molar-refractivity contribution in [3.63, 3.8) is 0 Å². The highest BCUT2D eigenvalue weighted by Crippen LogP contribution is 2.33. The smallest absolute Gasteiger partial charge is 0.313 e. The molecular formula is C19H30N4O3. The molecule has 0 bridgehead atoms. The molecule has 3 heterocycles. The van der Waals surface area contributed by atoms with Crippen LogP contribution >= 0.6 is 0 Å². The van der Waals surface area contributed by atoms with Crippen molar-refractivity contribution in [1.82, 2.24) is 9.97 Å². The molecule has 0 saturated carbocycles. The van der Waals surface area contributed by atoms with Crippen LogP contribution in [0.4, 0.5) is 11.8 Å². The van der Waals surface area contributed by atoms with Crippen LogP contribution in [0.1, 0.15) is 45.6 Å². The molecule has 0 radical (unpaired) electrons. The van der Waals surface area contributed by atoms with Crippen molar-refractivity contribution in [3.8, 4) is 0 Å². The van der Waals surface area contributed by atoms with E-state index < -0.39 is 11.4 Å². The minimum atomic E-state index is -1.04. The van der Waals surface area contributed by atoms with E-state index in [1.165, 1.54) is 6.42 Å². The van der Waals surface area contributed by atoms with Gasteiger partial charge in [-0.1, -0.05) is 13.3 Å². The summed E-state index contributed by atoms with van der Waals surface area (Å²) in [5, 5.41) is 9.68. The van der Waals surface area contributed by atoms with Crippen LogP contribution < -0.4 is 9.80 Å². The van der Waals surface area contributed by atoms with Crippen molar-refractivity contribution < 1.29 is 14.6 Å². The number of morpholine rings is 1. The molecule has 2 aliphatic heterocycles. The number of ether oxygens (including phenoxy) is 1. The predicted molar refractivity (Wildman–Crippen MR) is 101 cm³/mol. The zero-order valence-electron chi connectivity index (χ0n) is 16.1. The van der Waals surface area contributed by atoms with Gasteiger partial charge in [0, 0.05) is 37.9 Å². The monoisotopic (exact) mass is 362 g/mol. The third-order valence-electron chi connectivity index (χ3n) is 5.75. The molecule has 1 aromatic heterocycles. The van der Waals surface area contributed by atoms with Crippen molar-refractivity contribution in [2.45, 2.75) is 45.4 Å². The summed E-state index contributed by atoms with van der Waals surface area (Å²) in [7, 11) is 0. The summed E-state index contributed by atoms with van der Waals surface area (Å²) in [5.74, 6) is 1.37. The van der Waals surface area contributed by atoms with Gasteiger partial charge in [0.1, 0.15) is 5.82 Å². The average Bonchev–Trinajstić information content (AvgIpc) is 2.68. The Bertz CT molecular complexity index is 636. The summed E-state index contributed by atoms with van der Waals surface area (Å²) in [5.41, 5.74) is -0.374. The summed E-state index contributed by atoms with van der Waals surface area (Å²) in [4.78, 5) is 25.6. The van der Waals surface area contributed by atoms with Crippen molar-refractivity contribution in [2.24, 2.45) is 5.92 Å². The molecule has 0 aromatic carbocycles. The number of nitrogens with zero attached hydrogens (tertiary/aromatic N) is 4. The Morgan fingerprint density at radius 2 is 1.88 bits per heavy atom. The largest absolute Gasteiger partial charge is 0.481 e. The Morgan fingerprint density at radius 3 is 2.46 bits per heavy atom. The number of carboxylic acids is 1. The Labute approximate surface area is 155 Å².